The zero-order valence-electron chi connectivity index (χ0n) is 25.9. The standard InChI is InChI=1S/C33H38F3N7O3/c1-3-21-18-43(19-23-13-26(16-38-30(21)23)46-29-7-8-37-31-27(29)14-25(20-44)39-31)32(45)40-24-6-5-22(28(15-24)33(34,35)36)17-42-11-9-41(4-2)10-12-42/h5-8,13-16,21,44H,3-4,9-12,17-20H2,1-2H3,(H,37,39)(H,40,45)/t21-/m0/s1. The molecule has 0 aliphatic carbocycles. The van der Waals surface area contributed by atoms with Crippen LogP contribution in [0.1, 0.15) is 54.3 Å². The van der Waals surface area contributed by atoms with Gasteiger partial charge >= 0.3 is 12.2 Å². The molecule has 1 saturated heterocycles. The molecule has 13 heteroatoms. The van der Waals surface area contributed by atoms with Crippen molar-refractivity contribution in [2.45, 2.75) is 52.1 Å². The summed E-state index contributed by atoms with van der Waals surface area (Å²) in [7, 11) is 0. The van der Waals surface area contributed by atoms with Crippen LogP contribution in [0.25, 0.3) is 11.0 Å². The first-order chi connectivity index (χ1) is 22.1. The van der Waals surface area contributed by atoms with Gasteiger partial charge in [-0.3, -0.25) is 9.88 Å². The highest BCUT2D eigenvalue weighted by Gasteiger charge is 2.35. The largest absolute Gasteiger partial charge is 0.455 e. The lowest BCUT2D eigenvalue weighted by molar-refractivity contribution is -0.138. The fourth-order valence-electron chi connectivity index (χ4n) is 6.27. The number of H-pyrrole nitrogens is 1. The molecular weight excluding hydrogens is 599 g/mol. The molecular formula is C33H38F3N7O3. The van der Waals surface area contributed by atoms with Crippen LogP contribution in [0.3, 0.4) is 0 Å². The van der Waals surface area contributed by atoms with E-state index in [0.717, 1.165) is 43.4 Å². The van der Waals surface area contributed by atoms with Gasteiger partial charge < -0.3 is 29.9 Å². The van der Waals surface area contributed by atoms with Crippen LogP contribution in [-0.4, -0.2) is 80.1 Å². The molecule has 0 bridgehead atoms. The summed E-state index contributed by atoms with van der Waals surface area (Å²) < 4.78 is 48.7. The number of alkyl halides is 3. The summed E-state index contributed by atoms with van der Waals surface area (Å²) in [4.78, 5) is 31.4. The number of aliphatic hydroxyl groups excluding tert-OH is 1. The highest BCUT2D eigenvalue weighted by atomic mass is 19.4. The van der Waals surface area contributed by atoms with E-state index >= 15 is 0 Å². The first kappa shape index (κ1) is 31.8. The van der Waals surface area contributed by atoms with Crippen LogP contribution < -0.4 is 10.1 Å². The maximum absolute atomic E-state index is 14.2. The molecule has 4 aromatic rings. The lowest BCUT2D eigenvalue weighted by Gasteiger charge is -2.34. The zero-order valence-corrected chi connectivity index (χ0v) is 25.9. The zero-order chi connectivity index (χ0) is 32.4. The number of aromatic nitrogens is 3. The van der Waals surface area contributed by atoms with Gasteiger partial charge in [0.2, 0.25) is 0 Å². The predicted octanol–water partition coefficient (Wildman–Crippen LogP) is 5.94. The SMILES string of the molecule is CC[C@H]1CN(C(=O)Nc2ccc(CN3CCN(CC)CC3)c(C(F)(F)F)c2)Cc2cc(Oc3ccnc4[nH]c(CO)cc34)cnc21. The number of carbonyl (C=O) groups is 1. The van der Waals surface area contributed by atoms with Gasteiger partial charge in [0.1, 0.15) is 17.1 Å². The maximum Gasteiger partial charge on any atom is 0.416 e. The lowest BCUT2D eigenvalue weighted by atomic mass is 9.92. The number of hydrogen-bond acceptors (Lipinski definition) is 7. The first-order valence-corrected chi connectivity index (χ1v) is 15.6. The fraction of sp³-hybridized carbons (Fsp3) is 0.424. The Hall–Kier alpha value is -4.20. The van der Waals surface area contributed by atoms with E-state index < -0.39 is 17.8 Å². The average molecular weight is 638 g/mol. The molecule has 0 spiro atoms. The van der Waals surface area contributed by atoms with Crippen molar-refractivity contribution in [1.82, 2.24) is 29.7 Å². The number of aliphatic hydroxyl groups is 1. The van der Waals surface area contributed by atoms with Crippen LogP contribution in [0, 0.1) is 0 Å². The summed E-state index contributed by atoms with van der Waals surface area (Å²) >= 11 is 0. The molecule has 0 saturated carbocycles. The number of piperazine rings is 1. The Morgan fingerprint density at radius 1 is 1.09 bits per heavy atom. The summed E-state index contributed by atoms with van der Waals surface area (Å²) in [5, 5.41) is 12.9. The normalized spacial score (nSPS) is 17.7. The fourth-order valence-corrected chi connectivity index (χ4v) is 6.27. The molecule has 0 radical (unpaired) electrons. The van der Waals surface area contributed by atoms with E-state index in [1.165, 1.54) is 6.07 Å². The minimum absolute atomic E-state index is 0.0470. The van der Waals surface area contributed by atoms with Gasteiger partial charge in [0, 0.05) is 69.3 Å². The van der Waals surface area contributed by atoms with Crippen molar-refractivity contribution in [1.29, 1.82) is 0 Å². The van der Waals surface area contributed by atoms with Crippen molar-refractivity contribution in [3.8, 4) is 11.5 Å². The van der Waals surface area contributed by atoms with Crippen molar-refractivity contribution < 1.29 is 27.8 Å². The van der Waals surface area contributed by atoms with Crippen LogP contribution in [0.5, 0.6) is 11.5 Å². The van der Waals surface area contributed by atoms with Crippen molar-refractivity contribution in [3.63, 3.8) is 0 Å². The Labute approximate surface area is 265 Å². The molecule has 6 rings (SSSR count). The topological polar surface area (TPSA) is 110 Å². The Bertz CT molecular complexity index is 1700. The molecule has 3 aromatic heterocycles. The molecule has 46 heavy (non-hydrogen) atoms. The number of pyridine rings is 2. The third kappa shape index (κ3) is 6.81. The minimum atomic E-state index is -4.55. The second kappa shape index (κ2) is 13.3. The molecule has 2 aliphatic heterocycles. The highest BCUT2D eigenvalue weighted by molar-refractivity contribution is 5.89. The van der Waals surface area contributed by atoms with Crippen molar-refractivity contribution >= 4 is 22.8 Å². The second-order valence-corrected chi connectivity index (χ2v) is 11.8. The summed E-state index contributed by atoms with van der Waals surface area (Å²) in [6.45, 7) is 8.76. The third-order valence-corrected chi connectivity index (χ3v) is 8.86. The molecule has 2 amide bonds. The summed E-state index contributed by atoms with van der Waals surface area (Å²) in [6, 6.07) is 8.91. The number of ether oxygens (including phenoxy) is 1. The van der Waals surface area contributed by atoms with Crippen molar-refractivity contribution in [2.24, 2.45) is 0 Å². The number of rotatable bonds is 8. The van der Waals surface area contributed by atoms with Crippen LogP contribution in [0.2, 0.25) is 0 Å². The Kier molecular flexibility index (Phi) is 9.16. The number of carbonyl (C=O) groups excluding carboxylic acids is 1. The van der Waals surface area contributed by atoms with Gasteiger partial charge in [-0.05, 0) is 54.4 Å². The molecule has 1 atom stereocenters. The molecule has 1 aromatic carbocycles. The van der Waals surface area contributed by atoms with Crippen molar-refractivity contribution in [2.75, 3.05) is 44.6 Å². The first-order valence-electron chi connectivity index (χ1n) is 15.6. The molecule has 1 fully saturated rings. The van der Waals surface area contributed by atoms with Crippen molar-refractivity contribution in [3.05, 3.63) is 76.9 Å². The lowest BCUT2D eigenvalue weighted by Crippen LogP contribution is -2.45. The predicted molar refractivity (Wildman–Crippen MR) is 168 cm³/mol. The van der Waals surface area contributed by atoms with Gasteiger partial charge in [0.15, 0.2) is 0 Å². The molecule has 2 aliphatic rings. The van der Waals surface area contributed by atoms with Crippen LogP contribution >= 0.6 is 0 Å². The molecule has 3 N–H and O–H groups in total. The van der Waals surface area contributed by atoms with E-state index in [1.54, 1.807) is 35.5 Å². The molecule has 244 valence electrons. The van der Waals surface area contributed by atoms with Gasteiger partial charge in [0.25, 0.3) is 0 Å². The summed E-state index contributed by atoms with van der Waals surface area (Å²) in [5.41, 5.74) is 2.42. The Balaban J connectivity index is 1.18. The van der Waals surface area contributed by atoms with E-state index in [2.05, 4.69) is 32.1 Å². The van der Waals surface area contributed by atoms with E-state index in [9.17, 15) is 23.1 Å². The number of hydrogen-bond donors (Lipinski definition) is 3. The molecule has 0 unspecified atom stereocenters. The molecule has 5 heterocycles. The number of nitrogens with one attached hydrogen (secondary N) is 2. The van der Waals surface area contributed by atoms with E-state index in [-0.39, 0.29) is 36.9 Å². The summed E-state index contributed by atoms with van der Waals surface area (Å²) in [6.07, 6.45) is -0.583. The van der Waals surface area contributed by atoms with Gasteiger partial charge in [-0.1, -0.05) is 19.9 Å². The van der Waals surface area contributed by atoms with E-state index in [1.807, 2.05) is 17.9 Å². The van der Waals surface area contributed by atoms with Crippen LogP contribution in [0.4, 0.5) is 23.7 Å². The van der Waals surface area contributed by atoms with Gasteiger partial charge in [-0.25, -0.2) is 9.78 Å². The van der Waals surface area contributed by atoms with Gasteiger partial charge in [-0.15, -0.1) is 0 Å². The number of benzene rings is 1. The van der Waals surface area contributed by atoms with E-state index in [4.69, 9.17) is 4.74 Å². The second-order valence-electron chi connectivity index (χ2n) is 11.8. The number of fused-ring (bicyclic) bond motifs is 2. The summed E-state index contributed by atoms with van der Waals surface area (Å²) in [5.74, 6) is 0.957. The Morgan fingerprint density at radius 2 is 1.87 bits per heavy atom. The maximum atomic E-state index is 14.2. The number of aromatic amines is 1. The average Bonchev–Trinajstić information content (AvgIpc) is 3.49. The highest BCUT2D eigenvalue weighted by Crippen LogP contribution is 2.36. The minimum Gasteiger partial charge on any atom is -0.455 e. The smallest absolute Gasteiger partial charge is 0.416 e. The number of likely N-dealkylation sites (N-methyl/N-ethyl adjacent to an activating group) is 1. The third-order valence-electron chi connectivity index (χ3n) is 8.86. The Morgan fingerprint density at radius 3 is 2.59 bits per heavy atom. The molecule has 10 nitrogen and oxygen atoms in total. The number of amides is 2. The number of halogens is 3. The van der Waals surface area contributed by atoms with Crippen LogP contribution in [-0.2, 0) is 25.9 Å². The van der Waals surface area contributed by atoms with E-state index in [0.29, 0.717) is 47.9 Å². The van der Waals surface area contributed by atoms with Gasteiger partial charge in [0.05, 0.1) is 29.4 Å². The number of urea groups is 1. The number of anilines is 1. The monoisotopic (exact) mass is 637 g/mol. The number of nitrogens with zero attached hydrogens (tertiary/aromatic N) is 5. The quantitative estimate of drug-likeness (QED) is 0.219. The van der Waals surface area contributed by atoms with Crippen LogP contribution in [0.15, 0.2) is 48.8 Å². The van der Waals surface area contributed by atoms with Gasteiger partial charge in [-0.2, -0.15) is 13.2 Å².